The van der Waals surface area contributed by atoms with Crippen LogP contribution in [0.4, 0.5) is 0 Å². The second-order valence-corrected chi connectivity index (χ2v) is 11.6. The van der Waals surface area contributed by atoms with Crippen molar-refractivity contribution in [3.63, 3.8) is 0 Å². The summed E-state index contributed by atoms with van der Waals surface area (Å²) in [4.78, 5) is 15.4. The van der Waals surface area contributed by atoms with Crippen LogP contribution < -0.4 is 0 Å². The Hall–Kier alpha value is -6.19. The van der Waals surface area contributed by atoms with Gasteiger partial charge in [-0.15, -0.1) is 0 Å². The van der Waals surface area contributed by atoms with Gasteiger partial charge in [0.05, 0.1) is 33.6 Å². The summed E-state index contributed by atoms with van der Waals surface area (Å²) < 4.78 is 0. The molecule has 3 aromatic heterocycles. The first kappa shape index (κ1) is 26.2. The SMILES string of the molecule is c1ccc(-c2cc(-c3ccc(-c4ccc5ccc6ccc(-c7ccccc7)nc6c5n4)cc3)c3c(ccc4ccccc43)n2)cc1. The van der Waals surface area contributed by atoms with Gasteiger partial charge >= 0.3 is 0 Å². The highest BCUT2D eigenvalue weighted by atomic mass is 14.8. The van der Waals surface area contributed by atoms with Crippen LogP contribution in [0.2, 0.25) is 0 Å². The lowest BCUT2D eigenvalue weighted by Gasteiger charge is -2.14. The molecule has 0 saturated heterocycles. The Bertz CT molecular complexity index is 2560. The largest absolute Gasteiger partial charge is 0.248 e. The molecule has 0 saturated carbocycles. The van der Waals surface area contributed by atoms with Crippen molar-refractivity contribution in [2.75, 3.05) is 0 Å². The Labute approximate surface area is 266 Å². The summed E-state index contributed by atoms with van der Waals surface area (Å²) in [7, 11) is 0. The zero-order valence-corrected chi connectivity index (χ0v) is 24.9. The molecule has 3 heterocycles. The average Bonchev–Trinajstić information content (AvgIpc) is 3.14. The van der Waals surface area contributed by atoms with E-state index in [0.717, 1.165) is 66.7 Å². The molecule has 0 aliphatic rings. The van der Waals surface area contributed by atoms with Gasteiger partial charge in [0.15, 0.2) is 0 Å². The molecule has 0 atom stereocenters. The first-order chi connectivity index (χ1) is 22.8. The van der Waals surface area contributed by atoms with Crippen molar-refractivity contribution in [2.24, 2.45) is 0 Å². The molecule has 3 heteroatoms. The van der Waals surface area contributed by atoms with E-state index in [0.29, 0.717) is 0 Å². The van der Waals surface area contributed by atoms with Gasteiger partial charge in [-0.1, -0.05) is 140 Å². The third-order valence-corrected chi connectivity index (χ3v) is 8.85. The maximum atomic E-state index is 5.18. The van der Waals surface area contributed by atoms with Gasteiger partial charge in [0.25, 0.3) is 0 Å². The van der Waals surface area contributed by atoms with E-state index in [4.69, 9.17) is 15.0 Å². The van der Waals surface area contributed by atoms with E-state index in [1.54, 1.807) is 0 Å². The van der Waals surface area contributed by atoms with Crippen molar-refractivity contribution < 1.29 is 0 Å². The fourth-order valence-electron chi connectivity index (χ4n) is 6.51. The minimum Gasteiger partial charge on any atom is -0.248 e. The quantitative estimate of drug-likeness (QED) is 0.193. The topological polar surface area (TPSA) is 38.7 Å². The number of aromatic nitrogens is 3. The molecule has 46 heavy (non-hydrogen) atoms. The van der Waals surface area contributed by atoms with Crippen molar-refractivity contribution in [3.8, 4) is 44.9 Å². The predicted molar refractivity (Wildman–Crippen MR) is 192 cm³/mol. The molecule has 6 aromatic carbocycles. The van der Waals surface area contributed by atoms with Crippen molar-refractivity contribution in [1.29, 1.82) is 0 Å². The molecule has 3 nitrogen and oxygen atoms in total. The average molecular weight is 586 g/mol. The molecule has 0 spiro atoms. The predicted octanol–water partition coefficient (Wildman–Crippen LogP) is 11.2. The number of nitrogens with zero attached hydrogens (tertiary/aromatic N) is 3. The molecular formula is C43H27N3. The van der Waals surface area contributed by atoms with Gasteiger partial charge < -0.3 is 0 Å². The van der Waals surface area contributed by atoms with Gasteiger partial charge in [-0.05, 0) is 46.2 Å². The molecule has 0 unspecified atom stereocenters. The number of hydrogen-bond donors (Lipinski definition) is 0. The molecule has 214 valence electrons. The number of benzene rings is 6. The zero-order valence-electron chi connectivity index (χ0n) is 24.9. The molecule has 9 aromatic rings. The highest BCUT2D eigenvalue weighted by Crippen LogP contribution is 2.37. The van der Waals surface area contributed by atoms with Crippen LogP contribution in [0, 0.1) is 0 Å². The summed E-state index contributed by atoms with van der Waals surface area (Å²) in [5.74, 6) is 0. The first-order valence-corrected chi connectivity index (χ1v) is 15.5. The molecule has 0 aliphatic carbocycles. The molecule has 0 N–H and O–H groups in total. The highest BCUT2D eigenvalue weighted by Gasteiger charge is 2.14. The van der Waals surface area contributed by atoms with Gasteiger partial charge in [-0.25, -0.2) is 15.0 Å². The number of fused-ring (bicyclic) bond motifs is 6. The second-order valence-electron chi connectivity index (χ2n) is 11.6. The van der Waals surface area contributed by atoms with Crippen LogP contribution in [0.15, 0.2) is 164 Å². The monoisotopic (exact) mass is 585 g/mol. The summed E-state index contributed by atoms with van der Waals surface area (Å²) in [6.07, 6.45) is 0. The number of pyridine rings is 3. The standard InChI is InChI=1S/C43H27N3/c1-3-10-30(11-4-1)37-24-22-33-19-20-34-23-25-38(46-43(34)42(33)45-37)32-17-15-29(16-18-32)36-27-40(31-12-5-2-6-13-31)44-39-26-21-28-9-7-8-14-35(28)41(36)39/h1-27H. The van der Waals surface area contributed by atoms with Crippen LogP contribution >= 0.6 is 0 Å². The van der Waals surface area contributed by atoms with Crippen molar-refractivity contribution >= 4 is 43.5 Å². The number of hydrogen-bond acceptors (Lipinski definition) is 3. The molecule has 0 bridgehead atoms. The molecule has 0 amide bonds. The third kappa shape index (κ3) is 4.49. The summed E-state index contributed by atoms with van der Waals surface area (Å²) in [5, 5.41) is 5.74. The Balaban J connectivity index is 1.18. The van der Waals surface area contributed by atoms with E-state index < -0.39 is 0 Å². The lowest BCUT2D eigenvalue weighted by atomic mass is 9.94. The van der Waals surface area contributed by atoms with E-state index in [2.05, 4.69) is 140 Å². The fraction of sp³-hybridized carbons (Fsp3) is 0. The van der Waals surface area contributed by atoms with Crippen molar-refractivity contribution in [2.45, 2.75) is 0 Å². The fourth-order valence-corrected chi connectivity index (χ4v) is 6.51. The van der Waals surface area contributed by atoms with Crippen LogP contribution in [0.1, 0.15) is 0 Å². The molecular weight excluding hydrogens is 558 g/mol. The Morgan fingerprint density at radius 2 is 0.826 bits per heavy atom. The Morgan fingerprint density at radius 3 is 1.48 bits per heavy atom. The Kier molecular flexibility index (Phi) is 6.14. The summed E-state index contributed by atoms with van der Waals surface area (Å²) >= 11 is 0. The Morgan fingerprint density at radius 1 is 0.326 bits per heavy atom. The van der Waals surface area contributed by atoms with Crippen molar-refractivity contribution in [1.82, 2.24) is 15.0 Å². The molecule has 0 aliphatic heterocycles. The van der Waals surface area contributed by atoms with Gasteiger partial charge in [0, 0.05) is 32.8 Å². The lowest BCUT2D eigenvalue weighted by molar-refractivity contribution is 1.36. The van der Waals surface area contributed by atoms with Crippen LogP contribution in [0.5, 0.6) is 0 Å². The minimum atomic E-state index is 0.913. The molecule has 0 fully saturated rings. The van der Waals surface area contributed by atoms with Gasteiger partial charge in [0.2, 0.25) is 0 Å². The van der Waals surface area contributed by atoms with Crippen LogP contribution in [0.25, 0.3) is 88.4 Å². The van der Waals surface area contributed by atoms with E-state index in [-0.39, 0.29) is 0 Å². The van der Waals surface area contributed by atoms with Gasteiger partial charge in [-0.2, -0.15) is 0 Å². The highest BCUT2D eigenvalue weighted by molar-refractivity contribution is 6.14. The van der Waals surface area contributed by atoms with E-state index in [1.165, 1.54) is 21.7 Å². The molecule has 0 radical (unpaired) electrons. The maximum absolute atomic E-state index is 5.18. The first-order valence-electron chi connectivity index (χ1n) is 15.5. The van der Waals surface area contributed by atoms with Crippen LogP contribution in [0.3, 0.4) is 0 Å². The van der Waals surface area contributed by atoms with Gasteiger partial charge in [0.1, 0.15) is 0 Å². The summed E-state index contributed by atoms with van der Waals surface area (Å²) in [6.45, 7) is 0. The normalized spacial score (nSPS) is 11.5. The van der Waals surface area contributed by atoms with Gasteiger partial charge in [-0.3, -0.25) is 0 Å². The number of rotatable bonds is 4. The zero-order chi connectivity index (χ0) is 30.5. The molecule has 9 rings (SSSR count). The van der Waals surface area contributed by atoms with Crippen LogP contribution in [-0.2, 0) is 0 Å². The van der Waals surface area contributed by atoms with E-state index >= 15 is 0 Å². The minimum absolute atomic E-state index is 0.913. The second kappa shape index (κ2) is 10.8. The van der Waals surface area contributed by atoms with E-state index in [9.17, 15) is 0 Å². The maximum Gasteiger partial charge on any atom is 0.0972 e. The summed E-state index contributed by atoms with van der Waals surface area (Å²) in [5.41, 5.74) is 11.2. The van der Waals surface area contributed by atoms with E-state index in [1.807, 2.05) is 24.3 Å². The third-order valence-electron chi connectivity index (χ3n) is 8.85. The lowest BCUT2D eigenvalue weighted by Crippen LogP contribution is -1.92. The van der Waals surface area contributed by atoms with Crippen molar-refractivity contribution in [3.05, 3.63) is 164 Å². The summed E-state index contributed by atoms with van der Waals surface area (Å²) in [6, 6.07) is 57.3. The smallest absolute Gasteiger partial charge is 0.0972 e. The van der Waals surface area contributed by atoms with Crippen LogP contribution in [-0.4, -0.2) is 15.0 Å².